The topological polar surface area (TPSA) is 46.4 Å². The van der Waals surface area contributed by atoms with Crippen molar-refractivity contribution in [2.45, 2.75) is 30.7 Å². The first-order chi connectivity index (χ1) is 15.7. The van der Waals surface area contributed by atoms with E-state index < -0.39 is 0 Å². The van der Waals surface area contributed by atoms with Crippen molar-refractivity contribution >= 4 is 22.1 Å². The minimum atomic E-state index is -0.267. The Labute approximate surface area is 187 Å². The molecule has 0 aromatic heterocycles. The Morgan fingerprint density at radius 1 is 0.938 bits per heavy atom. The van der Waals surface area contributed by atoms with E-state index >= 15 is 0 Å². The third-order valence-electron chi connectivity index (χ3n) is 8.17. The van der Waals surface area contributed by atoms with Gasteiger partial charge in [-0.2, -0.15) is 0 Å². The van der Waals surface area contributed by atoms with Crippen LogP contribution in [0.3, 0.4) is 0 Å². The van der Waals surface area contributed by atoms with Crippen LogP contribution in [0.15, 0.2) is 78.9 Å². The average Bonchev–Trinajstić information content (AvgIpc) is 3.48. The van der Waals surface area contributed by atoms with Gasteiger partial charge in [-0.25, -0.2) is 0 Å². The van der Waals surface area contributed by atoms with Crippen LogP contribution in [0.5, 0.6) is 0 Å². The lowest BCUT2D eigenvalue weighted by Gasteiger charge is -2.51. The first-order valence-electron chi connectivity index (χ1n) is 11.6. The van der Waals surface area contributed by atoms with Crippen LogP contribution in [0, 0.1) is 22.0 Å². The number of non-ortho nitro benzene ring substituents is 1. The molecule has 0 fully saturated rings. The van der Waals surface area contributed by atoms with Crippen LogP contribution in [0.2, 0.25) is 0 Å². The van der Waals surface area contributed by atoms with E-state index in [1.807, 2.05) is 12.1 Å². The molecule has 0 radical (unpaired) electrons. The minimum Gasteiger partial charge on any atom is -0.363 e. The summed E-state index contributed by atoms with van der Waals surface area (Å²) in [6, 6.07) is 18.7. The number of hydrogen-bond acceptors (Lipinski definition) is 3. The van der Waals surface area contributed by atoms with Crippen LogP contribution in [0.1, 0.15) is 47.4 Å². The van der Waals surface area contributed by atoms with Crippen molar-refractivity contribution in [2.24, 2.45) is 11.8 Å². The van der Waals surface area contributed by atoms with Gasteiger partial charge in [-0.1, -0.05) is 60.7 Å². The van der Waals surface area contributed by atoms with E-state index in [0.29, 0.717) is 23.7 Å². The Kier molecular flexibility index (Phi) is 3.73. The molecule has 158 valence electrons. The highest BCUT2D eigenvalue weighted by atomic mass is 16.6. The molecule has 0 saturated heterocycles. The van der Waals surface area contributed by atoms with Crippen molar-refractivity contribution in [1.29, 1.82) is 0 Å². The normalized spacial score (nSPS) is 29.1. The molecule has 0 amide bonds. The summed E-state index contributed by atoms with van der Waals surface area (Å²) in [6.45, 7) is 1.01. The first-order valence-corrected chi connectivity index (χ1v) is 11.6. The summed E-state index contributed by atoms with van der Waals surface area (Å²) in [4.78, 5) is 13.9. The van der Waals surface area contributed by atoms with E-state index in [1.54, 1.807) is 6.07 Å². The lowest BCUT2D eigenvalue weighted by Crippen LogP contribution is -2.46. The summed E-state index contributed by atoms with van der Waals surface area (Å²) in [7, 11) is 0. The van der Waals surface area contributed by atoms with Gasteiger partial charge in [0, 0.05) is 36.2 Å². The monoisotopic (exact) mass is 420 g/mol. The molecule has 5 atom stereocenters. The van der Waals surface area contributed by atoms with Crippen LogP contribution in [0.4, 0.5) is 11.4 Å². The summed E-state index contributed by atoms with van der Waals surface area (Å²) in [5.74, 6) is 1.78. The van der Waals surface area contributed by atoms with Crippen LogP contribution >= 0.6 is 0 Å². The molecule has 0 N–H and O–H groups in total. The number of nitro groups is 1. The van der Waals surface area contributed by atoms with Crippen LogP contribution in [0.25, 0.3) is 10.8 Å². The van der Waals surface area contributed by atoms with E-state index in [4.69, 9.17) is 0 Å². The highest BCUT2D eigenvalue weighted by molar-refractivity contribution is 5.94. The number of benzene rings is 3. The Bertz CT molecular complexity index is 1340. The Morgan fingerprint density at radius 2 is 1.78 bits per heavy atom. The molecule has 3 aromatic carbocycles. The fourth-order valence-corrected chi connectivity index (χ4v) is 6.93. The second-order valence-corrected chi connectivity index (χ2v) is 9.70. The third kappa shape index (κ3) is 2.38. The molecule has 5 unspecified atom stereocenters. The molecule has 0 saturated carbocycles. The van der Waals surface area contributed by atoms with E-state index in [-0.39, 0.29) is 16.7 Å². The van der Waals surface area contributed by atoms with E-state index in [1.165, 1.54) is 27.6 Å². The molecule has 4 heteroatoms. The number of anilines is 1. The van der Waals surface area contributed by atoms with Gasteiger partial charge in [0.1, 0.15) is 0 Å². The zero-order chi connectivity index (χ0) is 21.4. The van der Waals surface area contributed by atoms with Crippen molar-refractivity contribution in [3.8, 4) is 0 Å². The Hall–Kier alpha value is -3.40. The van der Waals surface area contributed by atoms with Crippen LogP contribution in [-0.4, -0.2) is 11.5 Å². The molecule has 2 aliphatic heterocycles. The van der Waals surface area contributed by atoms with Gasteiger partial charge >= 0.3 is 0 Å². The van der Waals surface area contributed by atoms with E-state index in [0.717, 1.165) is 24.9 Å². The zero-order valence-electron chi connectivity index (χ0n) is 17.7. The number of allylic oxidation sites excluding steroid dienone is 4. The molecular weight excluding hydrogens is 396 g/mol. The lowest BCUT2D eigenvalue weighted by molar-refractivity contribution is -0.384. The maximum Gasteiger partial charge on any atom is 0.269 e. The van der Waals surface area contributed by atoms with Gasteiger partial charge in [0.25, 0.3) is 5.69 Å². The molecule has 32 heavy (non-hydrogen) atoms. The summed E-state index contributed by atoms with van der Waals surface area (Å²) in [6.07, 6.45) is 11.6. The smallest absolute Gasteiger partial charge is 0.269 e. The van der Waals surface area contributed by atoms with E-state index in [9.17, 15) is 10.1 Å². The summed E-state index contributed by atoms with van der Waals surface area (Å²) in [5.41, 5.74) is 5.56. The van der Waals surface area contributed by atoms with Crippen molar-refractivity contribution in [3.63, 3.8) is 0 Å². The first kappa shape index (κ1) is 18.2. The lowest BCUT2D eigenvalue weighted by atomic mass is 9.69. The van der Waals surface area contributed by atoms with Gasteiger partial charge in [-0.05, 0) is 58.2 Å². The van der Waals surface area contributed by atoms with Gasteiger partial charge in [-0.15, -0.1) is 0 Å². The second-order valence-electron chi connectivity index (χ2n) is 9.70. The fraction of sp³-hybridized carbons (Fsp3) is 0.286. The summed E-state index contributed by atoms with van der Waals surface area (Å²) in [5, 5.41) is 14.2. The highest BCUT2D eigenvalue weighted by Gasteiger charge is 2.48. The van der Waals surface area contributed by atoms with Gasteiger partial charge in [-0.3, -0.25) is 10.1 Å². The fourth-order valence-electron chi connectivity index (χ4n) is 6.93. The largest absolute Gasteiger partial charge is 0.363 e. The van der Waals surface area contributed by atoms with Gasteiger partial charge in [0.2, 0.25) is 0 Å². The minimum absolute atomic E-state index is 0.156. The molecule has 7 rings (SSSR count). The highest BCUT2D eigenvalue weighted by Crippen LogP contribution is 2.60. The second kappa shape index (κ2) is 6.55. The third-order valence-corrected chi connectivity index (χ3v) is 8.17. The summed E-state index contributed by atoms with van der Waals surface area (Å²) >= 11 is 0. The Morgan fingerprint density at radius 3 is 2.69 bits per heavy atom. The van der Waals surface area contributed by atoms with Gasteiger partial charge < -0.3 is 4.90 Å². The molecule has 0 spiro atoms. The maximum atomic E-state index is 11.5. The quantitative estimate of drug-likeness (QED) is 0.265. The molecule has 2 aliphatic carbocycles. The molecule has 2 heterocycles. The number of hydrogen-bond donors (Lipinski definition) is 0. The average molecular weight is 421 g/mol. The Balaban J connectivity index is 1.52. The zero-order valence-corrected chi connectivity index (χ0v) is 17.7. The number of nitro benzene ring substituents is 1. The molecule has 4 aliphatic rings. The predicted octanol–water partition coefficient (Wildman–Crippen LogP) is 6.64. The molecule has 3 aromatic rings. The standard InChI is InChI=1S/C28H24N2O2/c31-30(32)20-9-3-7-18(14-20)27-24-13-5-12-23(24)26-22-10-2-1-6-17(22)15-25-21-11-4-8-19(21)16-29(27)28(25)26/h1-7,9-12,14-15,19,21,23-24,27H,8,13,16H2. The number of nitrogens with zero attached hydrogens (tertiary/aromatic N) is 2. The van der Waals surface area contributed by atoms with Crippen molar-refractivity contribution in [2.75, 3.05) is 11.4 Å². The predicted molar refractivity (Wildman–Crippen MR) is 127 cm³/mol. The van der Waals surface area contributed by atoms with Crippen molar-refractivity contribution in [1.82, 2.24) is 0 Å². The van der Waals surface area contributed by atoms with Crippen molar-refractivity contribution < 1.29 is 4.92 Å². The van der Waals surface area contributed by atoms with Crippen molar-refractivity contribution in [3.05, 3.63) is 106 Å². The number of rotatable bonds is 2. The van der Waals surface area contributed by atoms with Gasteiger partial charge in [0.15, 0.2) is 0 Å². The molecule has 4 nitrogen and oxygen atoms in total. The SMILES string of the molecule is O=[N+]([O-])c1cccc(C2C3CC=CC3c3c4c(cc5ccccc35)C3C=CCC3CN42)c1. The molecule has 0 bridgehead atoms. The van der Waals surface area contributed by atoms with Crippen LogP contribution < -0.4 is 4.90 Å². The number of fused-ring (bicyclic) bond motifs is 6. The maximum absolute atomic E-state index is 11.5. The summed E-state index contributed by atoms with van der Waals surface area (Å²) < 4.78 is 0. The molecular formula is C28H24N2O2. The van der Waals surface area contributed by atoms with Crippen LogP contribution in [-0.2, 0) is 0 Å². The van der Waals surface area contributed by atoms with Gasteiger partial charge in [0.05, 0.1) is 11.0 Å². The van der Waals surface area contributed by atoms with E-state index in [2.05, 4.69) is 65.6 Å².